The number of likely N-dealkylation sites (N-methyl/N-ethyl adjacent to an activating group) is 1. The summed E-state index contributed by atoms with van der Waals surface area (Å²) in [4.78, 5) is 25.6. The topological polar surface area (TPSA) is 50.5 Å². The first kappa shape index (κ1) is 13.1. The van der Waals surface area contributed by atoms with E-state index in [4.69, 9.17) is 4.42 Å². The fourth-order valence-electron chi connectivity index (χ4n) is 1.89. The molecule has 0 aliphatic carbocycles. The Balaban J connectivity index is 2.49. The smallest absolute Gasteiger partial charge is 0.349 e. The van der Waals surface area contributed by atoms with Crippen molar-refractivity contribution in [1.82, 2.24) is 4.90 Å². The van der Waals surface area contributed by atoms with Crippen molar-refractivity contribution in [2.24, 2.45) is 0 Å². The lowest BCUT2D eigenvalue weighted by Gasteiger charge is -2.18. The van der Waals surface area contributed by atoms with Crippen molar-refractivity contribution in [2.75, 3.05) is 13.1 Å². The fourth-order valence-corrected chi connectivity index (χ4v) is 1.89. The number of hydrogen-bond acceptors (Lipinski definition) is 3. The van der Waals surface area contributed by atoms with Crippen LogP contribution in [0.5, 0.6) is 0 Å². The fraction of sp³-hybridized carbons (Fsp3) is 0.200. The monoisotopic (exact) mass is 257 g/mol. The first-order valence-electron chi connectivity index (χ1n) is 6.10. The van der Waals surface area contributed by atoms with Crippen LogP contribution in [0.3, 0.4) is 0 Å². The lowest BCUT2D eigenvalue weighted by Crippen LogP contribution is -2.34. The second-order valence-corrected chi connectivity index (χ2v) is 4.12. The Labute approximate surface area is 111 Å². The van der Waals surface area contributed by atoms with Gasteiger partial charge in [-0.15, -0.1) is 6.58 Å². The van der Waals surface area contributed by atoms with E-state index in [9.17, 15) is 9.59 Å². The summed E-state index contributed by atoms with van der Waals surface area (Å²) < 4.78 is 5.16. The second-order valence-electron chi connectivity index (χ2n) is 4.12. The van der Waals surface area contributed by atoms with Gasteiger partial charge in [0.05, 0.1) is 0 Å². The standard InChI is InChI=1S/C15H15NO3/c1-3-9-16(4-2)14(17)12-10-11-7-5-6-8-13(11)19-15(12)18/h3,5-8,10H,1,4,9H2,2H3. The van der Waals surface area contributed by atoms with Crippen LogP contribution in [-0.2, 0) is 0 Å². The summed E-state index contributed by atoms with van der Waals surface area (Å²) in [6, 6.07) is 8.70. The predicted molar refractivity (Wildman–Crippen MR) is 74.3 cm³/mol. The van der Waals surface area contributed by atoms with Gasteiger partial charge in [0.1, 0.15) is 11.1 Å². The molecule has 0 bridgehead atoms. The van der Waals surface area contributed by atoms with Gasteiger partial charge < -0.3 is 9.32 Å². The van der Waals surface area contributed by atoms with Gasteiger partial charge in [-0.1, -0.05) is 24.3 Å². The number of amides is 1. The zero-order chi connectivity index (χ0) is 13.8. The highest BCUT2D eigenvalue weighted by molar-refractivity contribution is 5.96. The molecule has 0 radical (unpaired) electrons. The molecule has 0 atom stereocenters. The van der Waals surface area contributed by atoms with Gasteiger partial charge in [0.2, 0.25) is 0 Å². The largest absolute Gasteiger partial charge is 0.422 e. The van der Waals surface area contributed by atoms with Gasteiger partial charge in [-0.05, 0) is 19.1 Å². The molecule has 2 aromatic rings. The Morgan fingerprint density at radius 2 is 2.16 bits per heavy atom. The Morgan fingerprint density at radius 1 is 1.42 bits per heavy atom. The van der Waals surface area contributed by atoms with Crippen LogP contribution in [0, 0.1) is 0 Å². The third-order valence-corrected chi connectivity index (χ3v) is 2.89. The van der Waals surface area contributed by atoms with Crippen LogP contribution in [-0.4, -0.2) is 23.9 Å². The van der Waals surface area contributed by atoms with E-state index in [0.29, 0.717) is 18.7 Å². The summed E-state index contributed by atoms with van der Waals surface area (Å²) in [5.74, 6) is -0.332. The molecule has 2 rings (SSSR count). The summed E-state index contributed by atoms with van der Waals surface area (Å²) in [6.45, 7) is 6.37. The molecule has 0 aliphatic rings. The van der Waals surface area contributed by atoms with E-state index in [1.165, 1.54) is 4.90 Å². The SMILES string of the molecule is C=CCN(CC)C(=O)c1cc2ccccc2oc1=O. The molecule has 0 saturated carbocycles. The number of carbonyl (C=O) groups excluding carboxylic acids is 1. The molecule has 1 aromatic heterocycles. The van der Waals surface area contributed by atoms with Crippen molar-refractivity contribution < 1.29 is 9.21 Å². The number of para-hydroxylation sites is 1. The molecular weight excluding hydrogens is 242 g/mol. The number of nitrogens with zero attached hydrogens (tertiary/aromatic N) is 1. The minimum atomic E-state index is -0.605. The number of benzene rings is 1. The van der Waals surface area contributed by atoms with E-state index in [1.807, 2.05) is 13.0 Å². The van der Waals surface area contributed by atoms with Gasteiger partial charge in [-0.3, -0.25) is 4.79 Å². The average Bonchev–Trinajstić information content (AvgIpc) is 2.43. The molecular formula is C15H15NO3. The van der Waals surface area contributed by atoms with Crippen molar-refractivity contribution in [3.05, 3.63) is 59.0 Å². The summed E-state index contributed by atoms with van der Waals surface area (Å²) in [5, 5.41) is 0.736. The molecule has 1 heterocycles. The number of carbonyl (C=O) groups is 1. The summed E-state index contributed by atoms with van der Waals surface area (Å²) in [7, 11) is 0. The van der Waals surface area contributed by atoms with Crippen LogP contribution in [0.15, 0.2) is 52.2 Å². The molecule has 98 valence electrons. The normalized spacial score (nSPS) is 10.4. The average molecular weight is 257 g/mol. The van der Waals surface area contributed by atoms with E-state index in [-0.39, 0.29) is 11.5 Å². The molecule has 1 aromatic carbocycles. The van der Waals surface area contributed by atoms with Gasteiger partial charge in [0.15, 0.2) is 0 Å². The van der Waals surface area contributed by atoms with Crippen LogP contribution >= 0.6 is 0 Å². The molecule has 0 saturated heterocycles. The number of rotatable bonds is 4. The van der Waals surface area contributed by atoms with E-state index < -0.39 is 5.63 Å². The van der Waals surface area contributed by atoms with Crippen molar-refractivity contribution in [3.63, 3.8) is 0 Å². The highest BCUT2D eigenvalue weighted by Gasteiger charge is 2.18. The van der Waals surface area contributed by atoms with Gasteiger partial charge in [0, 0.05) is 18.5 Å². The van der Waals surface area contributed by atoms with Crippen LogP contribution in [0.25, 0.3) is 11.0 Å². The Morgan fingerprint density at radius 3 is 2.84 bits per heavy atom. The first-order valence-corrected chi connectivity index (χ1v) is 6.10. The highest BCUT2D eigenvalue weighted by atomic mass is 16.4. The predicted octanol–water partition coefficient (Wildman–Crippen LogP) is 2.44. The van der Waals surface area contributed by atoms with Crippen molar-refractivity contribution in [3.8, 4) is 0 Å². The molecule has 0 aliphatic heterocycles. The van der Waals surface area contributed by atoms with Gasteiger partial charge >= 0.3 is 5.63 Å². The zero-order valence-electron chi connectivity index (χ0n) is 10.8. The first-order chi connectivity index (χ1) is 9.17. The van der Waals surface area contributed by atoms with Crippen LogP contribution in [0.1, 0.15) is 17.3 Å². The molecule has 0 N–H and O–H groups in total. The van der Waals surface area contributed by atoms with Gasteiger partial charge in [-0.2, -0.15) is 0 Å². The van der Waals surface area contributed by atoms with E-state index in [1.54, 1.807) is 30.3 Å². The molecule has 1 amide bonds. The Kier molecular flexibility index (Phi) is 3.80. The molecule has 4 heteroatoms. The maximum atomic E-state index is 12.2. The maximum absolute atomic E-state index is 12.2. The number of fused-ring (bicyclic) bond motifs is 1. The zero-order valence-corrected chi connectivity index (χ0v) is 10.8. The van der Waals surface area contributed by atoms with Crippen LogP contribution in [0.4, 0.5) is 0 Å². The third kappa shape index (κ3) is 2.57. The van der Waals surface area contributed by atoms with E-state index in [2.05, 4.69) is 6.58 Å². The summed E-state index contributed by atoms with van der Waals surface area (Å²) in [5.41, 5.74) is -0.0653. The Hall–Kier alpha value is -2.36. The molecule has 0 spiro atoms. The highest BCUT2D eigenvalue weighted by Crippen LogP contribution is 2.13. The minimum Gasteiger partial charge on any atom is -0.422 e. The summed E-state index contributed by atoms with van der Waals surface area (Å²) in [6.07, 6.45) is 1.63. The van der Waals surface area contributed by atoms with Crippen molar-refractivity contribution in [2.45, 2.75) is 6.92 Å². The maximum Gasteiger partial charge on any atom is 0.349 e. The van der Waals surface area contributed by atoms with E-state index >= 15 is 0 Å². The molecule has 0 fully saturated rings. The summed E-state index contributed by atoms with van der Waals surface area (Å²) >= 11 is 0. The van der Waals surface area contributed by atoms with Crippen molar-refractivity contribution in [1.29, 1.82) is 0 Å². The number of hydrogen-bond donors (Lipinski definition) is 0. The van der Waals surface area contributed by atoms with Gasteiger partial charge in [0.25, 0.3) is 5.91 Å². The second kappa shape index (κ2) is 5.52. The van der Waals surface area contributed by atoms with Gasteiger partial charge in [-0.25, -0.2) is 4.79 Å². The van der Waals surface area contributed by atoms with E-state index in [0.717, 1.165) is 5.39 Å². The van der Waals surface area contributed by atoms with Crippen molar-refractivity contribution >= 4 is 16.9 Å². The minimum absolute atomic E-state index is 0.0578. The van der Waals surface area contributed by atoms with Crippen LogP contribution in [0.2, 0.25) is 0 Å². The van der Waals surface area contributed by atoms with Crippen LogP contribution < -0.4 is 5.63 Å². The quantitative estimate of drug-likeness (QED) is 0.624. The molecule has 0 unspecified atom stereocenters. The Bertz CT molecular complexity index is 672. The third-order valence-electron chi connectivity index (χ3n) is 2.89. The molecule has 19 heavy (non-hydrogen) atoms. The lowest BCUT2D eigenvalue weighted by molar-refractivity contribution is 0.0778. The molecule has 4 nitrogen and oxygen atoms in total. The lowest BCUT2D eigenvalue weighted by atomic mass is 10.1.